The van der Waals surface area contributed by atoms with E-state index in [1.165, 1.54) is 16.9 Å². The second kappa shape index (κ2) is 4.47. The number of anilines is 1. The van der Waals surface area contributed by atoms with E-state index in [-0.39, 0.29) is 5.91 Å². The quantitative estimate of drug-likeness (QED) is 0.753. The van der Waals surface area contributed by atoms with E-state index in [1.807, 2.05) is 26.0 Å². The van der Waals surface area contributed by atoms with Crippen LogP contribution in [0.1, 0.15) is 21.7 Å². The van der Waals surface area contributed by atoms with Crippen LogP contribution in [0.3, 0.4) is 0 Å². The highest BCUT2D eigenvalue weighted by atomic mass is 32.1. The molecule has 2 N–H and O–H groups in total. The summed E-state index contributed by atoms with van der Waals surface area (Å²) in [6.07, 6.45) is 0. The van der Waals surface area contributed by atoms with Gasteiger partial charge in [0.15, 0.2) is 10.8 Å². The molecule has 96 valence electrons. The first kappa shape index (κ1) is 11.9. The fraction of sp³-hybridized carbons (Fsp3) is 0.154. The summed E-state index contributed by atoms with van der Waals surface area (Å²) in [5.74, 6) is -0.250. The van der Waals surface area contributed by atoms with Crippen LogP contribution in [0, 0.1) is 13.8 Å². The zero-order valence-corrected chi connectivity index (χ0v) is 11.3. The molecule has 0 aliphatic carbocycles. The molecule has 2 aromatic heterocycles. The van der Waals surface area contributed by atoms with Crippen molar-refractivity contribution >= 4 is 32.6 Å². The van der Waals surface area contributed by atoms with Crippen LogP contribution in [0.2, 0.25) is 0 Å². The lowest BCUT2D eigenvalue weighted by Gasteiger charge is -1.95. The van der Waals surface area contributed by atoms with E-state index < -0.39 is 0 Å². The number of aryl methyl sites for hydroxylation is 2. The molecule has 0 bridgehead atoms. The summed E-state index contributed by atoms with van der Waals surface area (Å²) in [5.41, 5.74) is 3.29. The van der Waals surface area contributed by atoms with E-state index in [0.717, 1.165) is 15.9 Å². The first-order valence-electron chi connectivity index (χ1n) is 5.82. The fourth-order valence-electron chi connectivity index (χ4n) is 1.78. The lowest BCUT2D eigenvalue weighted by molar-refractivity contribution is 0.102. The van der Waals surface area contributed by atoms with Crippen LogP contribution in [0.15, 0.2) is 24.3 Å². The number of rotatable bonds is 2. The molecule has 0 saturated heterocycles. The Labute approximate surface area is 113 Å². The fourth-order valence-corrected chi connectivity index (χ4v) is 2.74. The molecule has 0 radical (unpaired) electrons. The summed E-state index contributed by atoms with van der Waals surface area (Å²) in [4.78, 5) is 16.3. The molecule has 6 heteroatoms. The molecule has 1 aromatic carbocycles. The maximum absolute atomic E-state index is 11.9. The highest BCUT2D eigenvalue weighted by Crippen LogP contribution is 2.26. The van der Waals surface area contributed by atoms with Crippen molar-refractivity contribution in [2.24, 2.45) is 0 Å². The van der Waals surface area contributed by atoms with Crippen molar-refractivity contribution in [3.05, 3.63) is 41.2 Å². The number of carbonyl (C=O) groups excluding carboxylic acids is 1. The topological polar surface area (TPSA) is 70.7 Å². The molecule has 19 heavy (non-hydrogen) atoms. The monoisotopic (exact) mass is 272 g/mol. The molecule has 0 unspecified atom stereocenters. The molecule has 0 aliphatic heterocycles. The largest absolute Gasteiger partial charge is 0.296 e. The number of hydrogen-bond donors (Lipinski definition) is 2. The highest BCUT2D eigenvalue weighted by Gasteiger charge is 2.12. The van der Waals surface area contributed by atoms with E-state index in [4.69, 9.17) is 0 Å². The van der Waals surface area contributed by atoms with Gasteiger partial charge in [-0.3, -0.25) is 15.2 Å². The summed E-state index contributed by atoms with van der Waals surface area (Å²) < 4.78 is 1.06. The zero-order chi connectivity index (χ0) is 13.4. The number of fused-ring (bicyclic) bond motifs is 1. The predicted octanol–water partition coefficient (Wildman–Crippen LogP) is 2.89. The van der Waals surface area contributed by atoms with Gasteiger partial charge in [-0.2, -0.15) is 5.10 Å². The van der Waals surface area contributed by atoms with Crippen molar-refractivity contribution < 1.29 is 4.79 Å². The Morgan fingerprint density at radius 3 is 2.89 bits per heavy atom. The van der Waals surface area contributed by atoms with E-state index in [1.54, 1.807) is 6.07 Å². The number of thiazole rings is 1. The number of aromatic amines is 1. The molecule has 3 aromatic rings. The normalized spacial score (nSPS) is 10.8. The van der Waals surface area contributed by atoms with Gasteiger partial charge in [-0.25, -0.2) is 4.98 Å². The van der Waals surface area contributed by atoms with E-state index >= 15 is 0 Å². The van der Waals surface area contributed by atoms with E-state index in [2.05, 4.69) is 26.6 Å². The number of aromatic nitrogens is 3. The maximum Gasteiger partial charge on any atom is 0.277 e. The molecule has 0 atom stereocenters. The first-order valence-corrected chi connectivity index (χ1v) is 6.64. The van der Waals surface area contributed by atoms with Gasteiger partial charge in [-0.1, -0.05) is 17.4 Å². The van der Waals surface area contributed by atoms with Crippen molar-refractivity contribution in [3.8, 4) is 0 Å². The second-order valence-electron chi connectivity index (χ2n) is 4.38. The first-order chi connectivity index (χ1) is 9.11. The van der Waals surface area contributed by atoms with Crippen molar-refractivity contribution in [1.29, 1.82) is 0 Å². The number of nitrogens with zero attached hydrogens (tertiary/aromatic N) is 2. The lowest BCUT2D eigenvalue weighted by Crippen LogP contribution is -2.11. The van der Waals surface area contributed by atoms with Gasteiger partial charge in [0.2, 0.25) is 0 Å². The average Bonchev–Trinajstić information content (AvgIpc) is 2.94. The smallest absolute Gasteiger partial charge is 0.277 e. The standard InChI is InChI=1S/C13H12N4OS/c1-7-3-4-9-11(5-7)19-13(14-9)15-12(18)10-6-8(2)16-17-10/h3-6H,1-2H3,(H,16,17)(H,14,15,18). The molecule has 0 fully saturated rings. The third-order valence-corrected chi connectivity index (χ3v) is 3.64. The summed E-state index contributed by atoms with van der Waals surface area (Å²) in [6, 6.07) is 7.72. The predicted molar refractivity (Wildman–Crippen MR) is 75.6 cm³/mol. The van der Waals surface area contributed by atoms with Crippen LogP contribution < -0.4 is 5.32 Å². The van der Waals surface area contributed by atoms with E-state index in [0.29, 0.717) is 10.8 Å². The third-order valence-electron chi connectivity index (χ3n) is 2.70. The minimum Gasteiger partial charge on any atom is -0.296 e. The van der Waals surface area contributed by atoms with Gasteiger partial charge in [0, 0.05) is 5.69 Å². The third kappa shape index (κ3) is 2.34. The summed E-state index contributed by atoms with van der Waals surface area (Å²) in [7, 11) is 0. The van der Waals surface area contributed by atoms with E-state index in [9.17, 15) is 4.79 Å². The minimum atomic E-state index is -0.250. The SMILES string of the molecule is Cc1ccc2nc(NC(=O)c3cc(C)[nH]n3)sc2c1. The second-order valence-corrected chi connectivity index (χ2v) is 5.41. The van der Waals surface area contributed by atoms with Crippen molar-refractivity contribution in [3.63, 3.8) is 0 Å². The molecule has 2 heterocycles. The van der Waals surface area contributed by atoms with Crippen LogP contribution in [-0.4, -0.2) is 21.1 Å². The summed E-state index contributed by atoms with van der Waals surface area (Å²) in [6.45, 7) is 3.88. The van der Waals surface area contributed by atoms with Crippen molar-refractivity contribution in [1.82, 2.24) is 15.2 Å². The zero-order valence-electron chi connectivity index (χ0n) is 10.5. The van der Waals surface area contributed by atoms with Gasteiger partial charge in [0.05, 0.1) is 10.2 Å². The molecular weight excluding hydrogens is 260 g/mol. The Morgan fingerprint density at radius 1 is 1.32 bits per heavy atom. The molecule has 1 amide bonds. The Balaban J connectivity index is 1.87. The van der Waals surface area contributed by atoms with Gasteiger partial charge in [-0.05, 0) is 37.6 Å². The van der Waals surface area contributed by atoms with Crippen LogP contribution >= 0.6 is 11.3 Å². The number of H-pyrrole nitrogens is 1. The summed E-state index contributed by atoms with van der Waals surface area (Å²) >= 11 is 1.46. The Bertz CT molecular complexity index is 759. The Kier molecular flexibility index (Phi) is 2.79. The molecule has 5 nitrogen and oxygen atoms in total. The number of benzene rings is 1. The number of amides is 1. The molecule has 0 spiro atoms. The van der Waals surface area contributed by atoms with Gasteiger partial charge in [0.25, 0.3) is 5.91 Å². The molecular formula is C13H12N4OS. The number of hydrogen-bond acceptors (Lipinski definition) is 4. The number of nitrogens with one attached hydrogen (secondary N) is 2. The maximum atomic E-state index is 11.9. The Morgan fingerprint density at radius 2 is 2.16 bits per heavy atom. The van der Waals surface area contributed by atoms with Crippen LogP contribution in [0.25, 0.3) is 10.2 Å². The van der Waals surface area contributed by atoms with Crippen LogP contribution in [0.5, 0.6) is 0 Å². The van der Waals surface area contributed by atoms with Gasteiger partial charge in [-0.15, -0.1) is 0 Å². The number of carbonyl (C=O) groups is 1. The average molecular weight is 272 g/mol. The van der Waals surface area contributed by atoms with Gasteiger partial charge < -0.3 is 0 Å². The van der Waals surface area contributed by atoms with Gasteiger partial charge >= 0.3 is 0 Å². The molecule has 0 aliphatic rings. The van der Waals surface area contributed by atoms with Gasteiger partial charge in [0.1, 0.15) is 0 Å². The molecule has 0 saturated carbocycles. The van der Waals surface area contributed by atoms with Crippen LogP contribution in [-0.2, 0) is 0 Å². The minimum absolute atomic E-state index is 0.250. The van der Waals surface area contributed by atoms with Crippen LogP contribution in [0.4, 0.5) is 5.13 Å². The van der Waals surface area contributed by atoms with Crippen molar-refractivity contribution in [2.45, 2.75) is 13.8 Å². The summed E-state index contributed by atoms with van der Waals surface area (Å²) in [5, 5.41) is 10.0. The Hall–Kier alpha value is -2.21. The lowest BCUT2D eigenvalue weighted by atomic mass is 10.2. The molecule has 3 rings (SSSR count). The highest BCUT2D eigenvalue weighted by molar-refractivity contribution is 7.22. The van der Waals surface area contributed by atoms with Crippen molar-refractivity contribution in [2.75, 3.05) is 5.32 Å².